The third-order valence-corrected chi connectivity index (χ3v) is 10.2. The van der Waals surface area contributed by atoms with Crippen molar-refractivity contribution in [2.75, 3.05) is 12.8 Å². The lowest BCUT2D eigenvalue weighted by Crippen LogP contribution is -2.27. The van der Waals surface area contributed by atoms with Crippen molar-refractivity contribution < 1.29 is 0 Å². The minimum Gasteiger partial charge on any atom is -0.399 e. The van der Waals surface area contributed by atoms with Gasteiger partial charge in [0.1, 0.15) is 6.17 Å². The standard InChI is InChI=1S/C51H43N3/c1-3-4-5-6-12-38-13-7-9-16-46(38)40-21-25-42(26-22-40)49-35-50(43-27-23-41(24-28-43)48-18-11-15-39-14-8-10-17-47(39)48)54(2)51(53-49)44-29-19-36(20-30-44)37-31-33-45(52)34-32-37/h4-35,51H,3,52H2,1-2H3/b5-4-,12-6-. The predicted molar refractivity (Wildman–Crippen MR) is 231 cm³/mol. The predicted octanol–water partition coefficient (Wildman–Crippen LogP) is 12.9. The van der Waals surface area contributed by atoms with Crippen LogP contribution in [0.4, 0.5) is 5.69 Å². The Morgan fingerprint density at radius 3 is 1.89 bits per heavy atom. The molecule has 1 atom stereocenters. The molecule has 1 unspecified atom stereocenters. The molecular formula is C51H43N3. The van der Waals surface area contributed by atoms with Crippen molar-refractivity contribution in [1.29, 1.82) is 0 Å². The number of nitrogen functional groups attached to an aromatic ring is 1. The molecule has 0 fully saturated rings. The number of benzene rings is 7. The zero-order valence-corrected chi connectivity index (χ0v) is 30.7. The second kappa shape index (κ2) is 15.5. The number of anilines is 1. The van der Waals surface area contributed by atoms with Gasteiger partial charge in [-0.05, 0) is 91.0 Å². The van der Waals surface area contributed by atoms with Gasteiger partial charge in [-0.25, -0.2) is 0 Å². The lowest BCUT2D eigenvalue weighted by atomic mass is 9.94. The number of rotatable bonds is 9. The van der Waals surface area contributed by atoms with Crippen molar-refractivity contribution in [1.82, 2.24) is 4.90 Å². The number of nitrogens with two attached hydrogens (primary N) is 1. The summed E-state index contributed by atoms with van der Waals surface area (Å²) in [6, 6.07) is 58.3. The average Bonchev–Trinajstić information content (AvgIpc) is 3.23. The molecule has 0 aromatic heterocycles. The number of allylic oxidation sites excluding steroid dienone is 4. The molecule has 7 aromatic rings. The van der Waals surface area contributed by atoms with E-state index in [1.807, 2.05) is 12.1 Å². The zero-order valence-electron chi connectivity index (χ0n) is 30.7. The summed E-state index contributed by atoms with van der Waals surface area (Å²) in [4.78, 5) is 7.69. The molecule has 0 saturated heterocycles. The van der Waals surface area contributed by atoms with Gasteiger partial charge in [0.15, 0.2) is 0 Å². The number of fused-ring (bicyclic) bond motifs is 1. The average molecular weight is 698 g/mol. The van der Waals surface area contributed by atoms with E-state index >= 15 is 0 Å². The molecule has 7 aromatic carbocycles. The monoisotopic (exact) mass is 697 g/mol. The summed E-state index contributed by atoms with van der Waals surface area (Å²) < 4.78 is 0. The van der Waals surface area contributed by atoms with Gasteiger partial charge in [0.25, 0.3) is 0 Å². The largest absolute Gasteiger partial charge is 0.399 e. The molecule has 0 radical (unpaired) electrons. The van der Waals surface area contributed by atoms with Crippen molar-refractivity contribution in [3.05, 3.63) is 210 Å². The number of aliphatic imine (C=N–C) groups is 1. The number of hydrogen-bond acceptors (Lipinski definition) is 3. The molecule has 0 aliphatic carbocycles. The van der Waals surface area contributed by atoms with Crippen LogP contribution in [0.1, 0.15) is 41.8 Å². The van der Waals surface area contributed by atoms with Gasteiger partial charge in [-0.2, -0.15) is 0 Å². The fraction of sp³-hybridized carbons (Fsp3) is 0.0784. The molecule has 1 heterocycles. The second-order valence-electron chi connectivity index (χ2n) is 13.7. The molecule has 0 saturated carbocycles. The topological polar surface area (TPSA) is 41.6 Å². The van der Waals surface area contributed by atoms with Gasteiger partial charge in [0, 0.05) is 18.4 Å². The molecule has 3 nitrogen and oxygen atoms in total. The molecule has 262 valence electrons. The quantitative estimate of drug-likeness (QED) is 0.120. The van der Waals surface area contributed by atoms with Crippen LogP contribution in [-0.2, 0) is 0 Å². The van der Waals surface area contributed by atoms with Crippen molar-refractivity contribution >= 4 is 33.9 Å². The minimum absolute atomic E-state index is 0.208. The van der Waals surface area contributed by atoms with Gasteiger partial charge < -0.3 is 10.6 Å². The highest BCUT2D eigenvalue weighted by Crippen LogP contribution is 2.37. The SMILES string of the molecule is CC/C=C\C=C/c1ccccc1-c1ccc(C2=NC(c3ccc(-c4ccc(N)cc4)cc3)N(C)C(c3ccc(-c4cccc5ccccc45)cc3)=C2)cc1. The molecule has 0 spiro atoms. The van der Waals surface area contributed by atoms with Gasteiger partial charge in [-0.1, -0.05) is 183 Å². The van der Waals surface area contributed by atoms with E-state index in [-0.39, 0.29) is 6.17 Å². The summed E-state index contributed by atoms with van der Waals surface area (Å²) >= 11 is 0. The lowest BCUT2D eigenvalue weighted by Gasteiger charge is -2.34. The van der Waals surface area contributed by atoms with Gasteiger partial charge >= 0.3 is 0 Å². The van der Waals surface area contributed by atoms with E-state index in [9.17, 15) is 0 Å². The van der Waals surface area contributed by atoms with Gasteiger partial charge in [-0.3, -0.25) is 4.99 Å². The summed E-state index contributed by atoms with van der Waals surface area (Å²) in [7, 11) is 2.15. The summed E-state index contributed by atoms with van der Waals surface area (Å²) in [6.07, 6.45) is 11.6. The first-order valence-electron chi connectivity index (χ1n) is 18.7. The van der Waals surface area contributed by atoms with Crippen LogP contribution < -0.4 is 5.73 Å². The van der Waals surface area contributed by atoms with Crippen molar-refractivity contribution in [2.45, 2.75) is 19.5 Å². The molecule has 1 aliphatic rings. The maximum absolute atomic E-state index is 5.96. The van der Waals surface area contributed by atoms with E-state index in [1.54, 1.807) is 0 Å². The summed E-state index contributed by atoms with van der Waals surface area (Å²) in [6.45, 7) is 2.15. The van der Waals surface area contributed by atoms with Crippen LogP contribution in [0, 0.1) is 0 Å². The van der Waals surface area contributed by atoms with Crippen LogP contribution in [0.15, 0.2) is 193 Å². The van der Waals surface area contributed by atoms with Crippen LogP contribution in [0.2, 0.25) is 0 Å². The maximum atomic E-state index is 5.96. The first-order chi connectivity index (χ1) is 26.6. The van der Waals surface area contributed by atoms with Gasteiger partial charge in [0.2, 0.25) is 0 Å². The molecule has 1 aliphatic heterocycles. The Balaban J connectivity index is 1.16. The maximum Gasteiger partial charge on any atom is 0.147 e. The van der Waals surface area contributed by atoms with E-state index in [1.165, 1.54) is 38.6 Å². The first-order valence-corrected chi connectivity index (χ1v) is 18.7. The highest BCUT2D eigenvalue weighted by atomic mass is 15.2. The molecule has 8 rings (SSSR count). The first kappa shape index (κ1) is 34.4. The Bertz CT molecular complexity index is 2510. The fourth-order valence-corrected chi connectivity index (χ4v) is 7.28. The Morgan fingerprint density at radius 1 is 0.574 bits per heavy atom. The number of hydrogen-bond donors (Lipinski definition) is 1. The molecule has 0 amide bonds. The van der Waals surface area contributed by atoms with Crippen LogP contribution in [-0.4, -0.2) is 17.7 Å². The van der Waals surface area contributed by atoms with E-state index < -0.39 is 0 Å². The van der Waals surface area contributed by atoms with Crippen LogP contribution in [0.5, 0.6) is 0 Å². The third kappa shape index (κ3) is 7.17. The highest BCUT2D eigenvalue weighted by Gasteiger charge is 2.25. The number of nitrogens with zero attached hydrogens (tertiary/aromatic N) is 2. The van der Waals surface area contributed by atoms with Crippen molar-refractivity contribution in [2.24, 2.45) is 4.99 Å². The summed E-state index contributed by atoms with van der Waals surface area (Å²) in [5.74, 6) is 0. The summed E-state index contributed by atoms with van der Waals surface area (Å²) in [5.41, 5.74) is 20.5. The van der Waals surface area contributed by atoms with E-state index in [2.05, 4.69) is 201 Å². The highest BCUT2D eigenvalue weighted by molar-refractivity contribution is 6.13. The van der Waals surface area contributed by atoms with Crippen molar-refractivity contribution in [3.63, 3.8) is 0 Å². The van der Waals surface area contributed by atoms with Gasteiger partial charge in [0.05, 0.1) is 5.71 Å². The van der Waals surface area contributed by atoms with Crippen molar-refractivity contribution in [3.8, 4) is 33.4 Å². The molecule has 54 heavy (non-hydrogen) atoms. The summed E-state index contributed by atoms with van der Waals surface area (Å²) in [5, 5.41) is 2.50. The van der Waals surface area contributed by atoms with Crippen LogP contribution in [0.25, 0.3) is 55.9 Å². The zero-order chi connectivity index (χ0) is 36.9. The third-order valence-electron chi connectivity index (χ3n) is 10.2. The molecule has 3 heteroatoms. The Labute approximate surface area is 318 Å². The van der Waals surface area contributed by atoms with E-state index in [0.717, 1.165) is 51.3 Å². The Hall–Kier alpha value is -6.71. The Morgan fingerprint density at radius 2 is 1.15 bits per heavy atom. The lowest BCUT2D eigenvalue weighted by molar-refractivity contribution is 0.364. The molecule has 2 N–H and O–H groups in total. The van der Waals surface area contributed by atoms with Crippen LogP contribution >= 0.6 is 0 Å². The smallest absolute Gasteiger partial charge is 0.147 e. The molecule has 0 bridgehead atoms. The van der Waals surface area contributed by atoms with Gasteiger partial charge in [-0.15, -0.1) is 0 Å². The van der Waals surface area contributed by atoms with E-state index in [4.69, 9.17) is 10.7 Å². The molecular weight excluding hydrogens is 655 g/mol. The van der Waals surface area contributed by atoms with E-state index in [0.29, 0.717) is 0 Å². The normalized spacial score (nSPS) is 14.5. The Kier molecular flexibility index (Phi) is 9.86. The second-order valence-corrected chi connectivity index (χ2v) is 13.7. The fourth-order valence-electron chi connectivity index (χ4n) is 7.28. The van der Waals surface area contributed by atoms with Crippen LogP contribution in [0.3, 0.4) is 0 Å². The minimum atomic E-state index is -0.208.